The van der Waals surface area contributed by atoms with Gasteiger partial charge in [-0.05, 0) is 24.3 Å². The number of hydrogen-bond donors (Lipinski definition) is 1. The summed E-state index contributed by atoms with van der Waals surface area (Å²) in [4.78, 5) is 5.80. The fourth-order valence-electron chi connectivity index (χ4n) is 2.43. The molecule has 2 atom stereocenters. The van der Waals surface area contributed by atoms with Gasteiger partial charge in [0.25, 0.3) is 0 Å². The molecule has 1 N–H and O–H groups in total. The van der Waals surface area contributed by atoms with E-state index in [2.05, 4.69) is 62.1 Å². The maximum absolute atomic E-state index is 4.71. The normalized spacial score (nSPS) is 15.7. The average molecular weight is 293 g/mol. The van der Waals surface area contributed by atoms with Gasteiger partial charge in [-0.25, -0.2) is 4.98 Å². The second-order valence-electron chi connectivity index (χ2n) is 6.79. The molecule has 0 radical (unpaired) electrons. The molecule has 0 saturated carbocycles. The van der Waals surface area contributed by atoms with Crippen LogP contribution in [0.5, 0.6) is 0 Å². The summed E-state index contributed by atoms with van der Waals surface area (Å²) in [5.41, 5.74) is 1.56. The van der Waals surface area contributed by atoms with Crippen molar-refractivity contribution in [2.45, 2.75) is 53.5 Å². The number of thiazole rings is 1. The number of nitrogens with zero attached hydrogens (tertiary/aromatic N) is 2. The maximum atomic E-state index is 4.71. The Bertz CT molecular complexity index is 507. The smallest absolute Gasteiger partial charge is 0.193 e. The Labute approximate surface area is 126 Å². The number of likely N-dealkylation sites (N-methyl/N-ethyl adjacent to an activating group) is 1. The first-order chi connectivity index (χ1) is 9.40. The van der Waals surface area contributed by atoms with Gasteiger partial charge in [0.15, 0.2) is 4.96 Å². The van der Waals surface area contributed by atoms with Gasteiger partial charge in [-0.3, -0.25) is 4.40 Å². The van der Waals surface area contributed by atoms with Crippen molar-refractivity contribution in [2.75, 3.05) is 6.54 Å². The third-order valence-corrected chi connectivity index (χ3v) is 4.98. The van der Waals surface area contributed by atoms with Crippen LogP contribution in [0.2, 0.25) is 0 Å². The van der Waals surface area contributed by atoms with Gasteiger partial charge in [0.1, 0.15) is 0 Å². The molecule has 3 nitrogen and oxygen atoms in total. The first-order valence-electron chi connectivity index (χ1n) is 7.54. The van der Waals surface area contributed by atoms with Crippen molar-refractivity contribution in [1.29, 1.82) is 0 Å². The summed E-state index contributed by atoms with van der Waals surface area (Å²) in [6.45, 7) is 12.5. The van der Waals surface area contributed by atoms with Crippen LogP contribution in [0.25, 0.3) is 4.96 Å². The van der Waals surface area contributed by atoms with E-state index >= 15 is 0 Å². The van der Waals surface area contributed by atoms with E-state index in [1.165, 1.54) is 12.1 Å². The molecular weight excluding hydrogens is 266 g/mol. The number of rotatable bonds is 6. The van der Waals surface area contributed by atoms with Gasteiger partial charge >= 0.3 is 0 Å². The quantitative estimate of drug-likeness (QED) is 0.872. The second kappa shape index (κ2) is 6.27. The Kier molecular flexibility index (Phi) is 4.86. The Morgan fingerprint density at radius 3 is 2.75 bits per heavy atom. The van der Waals surface area contributed by atoms with Crippen molar-refractivity contribution in [1.82, 2.24) is 14.7 Å². The van der Waals surface area contributed by atoms with Gasteiger partial charge in [-0.15, -0.1) is 11.3 Å². The molecule has 0 bridgehead atoms. The van der Waals surface area contributed by atoms with Crippen LogP contribution >= 0.6 is 11.3 Å². The first-order valence-corrected chi connectivity index (χ1v) is 8.42. The highest BCUT2D eigenvalue weighted by Gasteiger charge is 2.24. The number of aromatic nitrogens is 2. The highest BCUT2D eigenvalue weighted by Crippen LogP contribution is 2.29. The Morgan fingerprint density at radius 1 is 1.40 bits per heavy atom. The van der Waals surface area contributed by atoms with Gasteiger partial charge in [0.05, 0.1) is 5.69 Å². The van der Waals surface area contributed by atoms with Crippen LogP contribution in [0, 0.1) is 11.3 Å². The van der Waals surface area contributed by atoms with Crippen molar-refractivity contribution >= 4 is 16.3 Å². The lowest BCUT2D eigenvalue weighted by molar-refractivity contribution is 0.222. The van der Waals surface area contributed by atoms with Crippen molar-refractivity contribution in [3.63, 3.8) is 0 Å². The van der Waals surface area contributed by atoms with E-state index in [9.17, 15) is 0 Å². The lowest BCUT2D eigenvalue weighted by Gasteiger charge is -2.31. The Balaban J connectivity index is 2.03. The molecule has 4 heteroatoms. The van der Waals surface area contributed by atoms with Crippen molar-refractivity contribution < 1.29 is 0 Å². The summed E-state index contributed by atoms with van der Waals surface area (Å²) in [6.07, 6.45) is 6.46. The molecule has 0 fully saturated rings. The first kappa shape index (κ1) is 15.5. The number of fused-ring (bicyclic) bond motifs is 1. The highest BCUT2D eigenvalue weighted by molar-refractivity contribution is 7.15. The van der Waals surface area contributed by atoms with Crippen LogP contribution in [0.15, 0.2) is 17.8 Å². The number of hydrogen-bond acceptors (Lipinski definition) is 3. The van der Waals surface area contributed by atoms with Gasteiger partial charge in [0, 0.05) is 30.2 Å². The molecule has 0 aliphatic carbocycles. The molecule has 0 aromatic carbocycles. The molecular formula is C16H27N3S. The highest BCUT2D eigenvalue weighted by atomic mass is 32.1. The van der Waals surface area contributed by atoms with Gasteiger partial charge in [0.2, 0.25) is 0 Å². The molecule has 0 aliphatic heterocycles. The van der Waals surface area contributed by atoms with E-state index in [1.807, 2.05) is 0 Å². The summed E-state index contributed by atoms with van der Waals surface area (Å²) in [6, 6.07) is 0.513. The Hall–Kier alpha value is -0.870. The lowest BCUT2D eigenvalue weighted by atomic mass is 9.78. The van der Waals surface area contributed by atoms with Crippen LogP contribution in [0.3, 0.4) is 0 Å². The van der Waals surface area contributed by atoms with Crippen LogP contribution in [0.4, 0.5) is 0 Å². The zero-order valence-electron chi connectivity index (χ0n) is 13.3. The molecule has 2 rings (SSSR count). The number of nitrogens with one attached hydrogen (secondary N) is 1. The summed E-state index contributed by atoms with van der Waals surface area (Å²) in [7, 11) is 0. The Morgan fingerprint density at radius 2 is 2.15 bits per heavy atom. The summed E-state index contributed by atoms with van der Waals surface area (Å²) in [5.74, 6) is 0.690. The predicted octanol–water partition coefficient (Wildman–Crippen LogP) is 3.99. The maximum Gasteiger partial charge on any atom is 0.193 e. The van der Waals surface area contributed by atoms with E-state index in [0.29, 0.717) is 17.4 Å². The van der Waals surface area contributed by atoms with E-state index < -0.39 is 0 Å². The van der Waals surface area contributed by atoms with Crippen molar-refractivity contribution in [3.05, 3.63) is 23.5 Å². The zero-order chi connectivity index (χ0) is 14.8. The minimum absolute atomic E-state index is 0.363. The van der Waals surface area contributed by atoms with E-state index in [-0.39, 0.29) is 0 Å². The van der Waals surface area contributed by atoms with Crippen molar-refractivity contribution in [3.8, 4) is 0 Å². The molecule has 0 spiro atoms. The largest absolute Gasteiger partial charge is 0.314 e. The van der Waals surface area contributed by atoms with Crippen LogP contribution in [0.1, 0.15) is 46.7 Å². The van der Waals surface area contributed by atoms with Gasteiger partial charge < -0.3 is 5.32 Å². The summed E-state index contributed by atoms with van der Waals surface area (Å²) in [5, 5.41) is 5.70. The average Bonchev–Trinajstić information content (AvgIpc) is 2.88. The summed E-state index contributed by atoms with van der Waals surface area (Å²) < 4.78 is 2.12. The molecule has 0 amide bonds. The fraction of sp³-hybridized carbons (Fsp3) is 0.688. The van der Waals surface area contributed by atoms with Gasteiger partial charge in [-0.2, -0.15) is 0 Å². The fourth-order valence-corrected chi connectivity index (χ4v) is 3.15. The third kappa shape index (κ3) is 3.83. The SMILES string of the molecule is CCNC(Cc1cn2ccsc2n1)CC(C)C(C)(C)C. The molecule has 0 aliphatic rings. The molecule has 2 unspecified atom stereocenters. The second-order valence-corrected chi connectivity index (χ2v) is 7.66. The van der Waals surface area contributed by atoms with E-state index in [1.54, 1.807) is 11.3 Å². The predicted molar refractivity (Wildman–Crippen MR) is 87.5 cm³/mol. The number of imidazole rings is 1. The lowest BCUT2D eigenvalue weighted by Crippen LogP contribution is -2.35. The van der Waals surface area contributed by atoms with E-state index in [0.717, 1.165) is 17.9 Å². The molecule has 2 heterocycles. The van der Waals surface area contributed by atoms with Crippen LogP contribution in [-0.4, -0.2) is 22.0 Å². The zero-order valence-corrected chi connectivity index (χ0v) is 14.1. The topological polar surface area (TPSA) is 29.3 Å². The van der Waals surface area contributed by atoms with Gasteiger partial charge in [-0.1, -0.05) is 34.6 Å². The molecule has 112 valence electrons. The van der Waals surface area contributed by atoms with Crippen molar-refractivity contribution in [2.24, 2.45) is 11.3 Å². The molecule has 0 saturated heterocycles. The molecule has 20 heavy (non-hydrogen) atoms. The summed E-state index contributed by atoms with van der Waals surface area (Å²) >= 11 is 1.70. The van der Waals surface area contributed by atoms with E-state index in [4.69, 9.17) is 4.98 Å². The van der Waals surface area contributed by atoms with Crippen LogP contribution < -0.4 is 5.32 Å². The molecule has 2 aromatic rings. The minimum Gasteiger partial charge on any atom is -0.314 e. The third-order valence-electron chi connectivity index (χ3n) is 4.21. The van der Waals surface area contributed by atoms with Crippen LogP contribution in [-0.2, 0) is 6.42 Å². The monoisotopic (exact) mass is 293 g/mol. The standard InChI is InChI=1S/C16H27N3S/c1-6-17-13(9-12(2)16(3,4)5)10-14-11-19-7-8-20-15(19)18-14/h7-8,11-13,17H,6,9-10H2,1-5H3. The molecule has 2 aromatic heterocycles. The minimum atomic E-state index is 0.363.